The third kappa shape index (κ3) is 4.50. The Morgan fingerprint density at radius 2 is 1.09 bits per heavy atom. The highest BCUT2D eigenvalue weighted by molar-refractivity contribution is 5.91. The van der Waals surface area contributed by atoms with Gasteiger partial charge in [-0.25, -0.2) is 0 Å². The van der Waals surface area contributed by atoms with Crippen molar-refractivity contribution in [2.75, 3.05) is 0 Å². The number of benzene rings is 3. The van der Waals surface area contributed by atoms with Gasteiger partial charge in [0.05, 0.1) is 0 Å². The van der Waals surface area contributed by atoms with Crippen molar-refractivity contribution in [3.05, 3.63) is 75.8 Å². The summed E-state index contributed by atoms with van der Waals surface area (Å²) >= 11 is 0. The SMILES string of the molecule is CC(C)c1cccc(C(C)C)c1[NH+]1Cc2cc(C(C)(C)C)cc3cc(C(C)(C)C)cc(c23)C1. The monoisotopic (exact) mass is 442 g/mol. The molecule has 0 aromatic heterocycles. The van der Waals surface area contributed by atoms with Gasteiger partial charge in [-0.15, -0.1) is 0 Å². The molecular formula is C32H44N+. The maximum atomic E-state index is 2.51. The Hall–Kier alpha value is -2.12. The van der Waals surface area contributed by atoms with E-state index in [0.29, 0.717) is 11.8 Å². The number of quaternary nitrogens is 1. The van der Waals surface area contributed by atoms with Crippen LogP contribution in [0.25, 0.3) is 10.8 Å². The maximum Gasteiger partial charge on any atom is 0.138 e. The molecular weight excluding hydrogens is 398 g/mol. The normalized spacial score (nSPS) is 15.2. The van der Waals surface area contributed by atoms with Crippen LogP contribution < -0.4 is 4.90 Å². The zero-order chi connectivity index (χ0) is 24.3. The number of nitrogens with one attached hydrogen (secondary N) is 1. The summed E-state index contributed by atoms with van der Waals surface area (Å²) in [6.45, 7) is 25.5. The number of rotatable bonds is 3. The van der Waals surface area contributed by atoms with E-state index in [1.807, 2.05) is 0 Å². The molecule has 176 valence electrons. The minimum absolute atomic E-state index is 0.138. The molecule has 0 amide bonds. The molecule has 0 radical (unpaired) electrons. The summed E-state index contributed by atoms with van der Waals surface area (Å²) in [7, 11) is 0. The third-order valence-corrected chi connectivity index (χ3v) is 7.48. The lowest BCUT2D eigenvalue weighted by molar-refractivity contribution is -0.863. The second-order valence-electron chi connectivity index (χ2n) is 12.9. The highest BCUT2D eigenvalue weighted by Crippen LogP contribution is 2.37. The Morgan fingerprint density at radius 1 is 0.667 bits per heavy atom. The van der Waals surface area contributed by atoms with Gasteiger partial charge in [-0.2, -0.15) is 0 Å². The quantitative estimate of drug-likeness (QED) is 0.420. The first-order valence-electron chi connectivity index (χ1n) is 12.9. The van der Waals surface area contributed by atoms with Crippen molar-refractivity contribution in [1.29, 1.82) is 0 Å². The average molecular weight is 443 g/mol. The highest BCUT2D eigenvalue weighted by atomic mass is 15.1. The highest BCUT2D eigenvalue weighted by Gasteiger charge is 2.31. The van der Waals surface area contributed by atoms with Crippen molar-refractivity contribution in [1.82, 2.24) is 0 Å². The molecule has 1 aliphatic heterocycles. The van der Waals surface area contributed by atoms with E-state index in [0.717, 1.165) is 13.1 Å². The molecule has 0 unspecified atom stereocenters. The molecule has 3 aromatic carbocycles. The van der Waals surface area contributed by atoms with Gasteiger partial charge in [-0.1, -0.05) is 99.6 Å². The van der Waals surface area contributed by atoms with Crippen LogP contribution in [0.15, 0.2) is 42.5 Å². The molecule has 33 heavy (non-hydrogen) atoms. The van der Waals surface area contributed by atoms with Gasteiger partial charge in [0.1, 0.15) is 18.8 Å². The lowest BCUT2D eigenvalue weighted by Gasteiger charge is -2.33. The van der Waals surface area contributed by atoms with E-state index in [4.69, 9.17) is 0 Å². The Morgan fingerprint density at radius 3 is 1.45 bits per heavy atom. The van der Waals surface area contributed by atoms with Gasteiger partial charge in [0.2, 0.25) is 0 Å². The fraction of sp³-hybridized carbons (Fsp3) is 0.500. The first-order chi connectivity index (χ1) is 15.3. The molecule has 0 saturated heterocycles. The molecule has 0 aliphatic carbocycles. The molecule has 0 spiro atoms. The summed E-state index contributed by atoms with van der Waals surface area (Å²) in [5.74, 6) is 1.05. The minimum atomic E-state index is 0.138. The van der Waals surface area contributed by atoms with E-state index >= 15 is 0 Å². The molecule has 4 rings (SSSR count). The van der Waals surface area contributed by atoms with E-state index < -0.39 is 0 Å². The van der Waals surface area contributed by atoms with Crippen LogP contribution in [-0.4, -0.2) is 0 Å². The summed E-state index contributed by atoms with van der Waals surface area (Å²) in [6.07, 6.45) is 0. The van der Waals surface area contributed by atoms with Crippen molar-refractivity contribution in [2.24, 2.45) is 0 Å². The standard InChI is InChI=1S/C32H43N/c1-20(2)27-12-11-13-28(21(3)4)30(27)33-18-23-16-25(31(5,6)7)14-22-15-26(32(8,9)10)17-24(19-33)29(22)23/h11-17,20-21H,18-19H2,1-10H3/p+1. The summed E-state index contributed by atoms with van der Waals surface area (Å²) in [6, 6.07) is 16.9. The smallest absolute Gasteiger partial charge is 0.138 e. The second kappa shape index (κ2) is 8.27. The Balaban J connectivity index is 1.98. The summed E-state index contributed by atoms with van der Waals surface area (Å²) in [5.41, 5.74) is 10.8. The molecule has 0 saturated carbocycles. The number of hydrogen-bond donors (Lipinski definition) is 1. The van der Waals surface area contributed by atoms with Gasteiger partial charge in [-0.3, -0.25) is 4.90 Å². The Bertz CT molecular complexity index is 1100. The fourth-order valence-corrected chi connectivity index (χ4v) is 5.50. The van der Waals surface area contributed by atoms with E-state index in [2.05, 4.69) is 112 Å². The maximum absolute atomic E-state index is 2.51. The van der Waals surface area contributed by atoms with Gasteiger partial charge >= 0.3 is 0 Å². The van der Waals surface area contributed by atoms with Crippen LogP contribution in [0.2, 0.25) is 0 Å². The third-order valence-electron chi connectivity index (χ3n) is 7.48. The molecule has 0 fully saturated rings. The van der Waals surface area contributed by atoms with Gasteiger partial charge in [-0.05, 0) is 56.7 Å². The summed E-state index contributed by atoms with van der Waals surface area (Å²) in [5, 5.41) is 2.94. The van der Waals surface area contributed by atoms with Crippen LogP contribution in [0.3, 0.4) is 0 Å². The van der Waals surface area contributed by atoms with Crippen LogP contribution >= 0.6 is 0 Å². The number of para-hydroxylation sites is 1. The molecule has 1 nitrogen and oxygen atoms in total. The molecule has 0 bridgehead atoms. The fourth-order valence-electron chi connectivity index (χ4n) is 5.50. The van der Waals surface area contributed by atoms with Crippen molar-refractivity contribution in [3.63, 3.8) is 0 Å². The topological polar surface area (TPSA) is 4.44 Å². The van der Waals surface area contributed by atoms with Crippen LogP contribution in [0.1, 0.15) is 114 Å². The first-order valence-corrected chi connectivity index (χ1v) is 12.9. The second-order valence-corrected chi connectivity index (χ2v) is 12.9. The Labute approximate surface area is 202 Å². The Kier molecular flexibility index (Phi) is 6.02. The minimum Gasteiger partial charge on any atom is -0.294 e. The van der Waals surface area contributed by atoms with E-state index in [1.54, 1.807) is 10.6 Å². The lowest BCUT2D eigenvalue weighted by atomic mass is 9.79. The molecule has 1 heterocycles. The van der Waals surface area contributed by atoms with Gasteiger partial charge in [0.15, 0.2) is 0 Å². The van der Waals surface area contributed by atoms with Crippen molar-refractivity contribution < 1.29 is 4.90 Å². The van der Waals surface area contributed by atoms with Gasteiger partial charge in [0.25, 0.3) is 0 Å². The first kappa shape index (κ1) is 24.0. The van der Waals surface area contributed by atoms with Gasteiger partial charge in [0, 0.05) is 22.3 Å². The van der Waals surface area contributed by atoms with Crippen molar-refractivity contribution >= 4 is 16.5 Å². The zero-order valence-corrected chi connectivity index (χ0v) is 22.6. The molecule has 3 aromatic rings. The average Bonchev–Trinajstić information content (AvgIpc) is 2.71. The van der Waals surface area contributed by atoms with Crippen LogP contribution in [0, 0.1) is 0 Å². The molecule has 1 N–H and O–H groups in total. The van der Waals surface area contributed by atoms with Crippen molar-refractivity contribution in [2.45, 2.75) is 105 Å². The molecule has 1 aliphatic rings. The zero-order valence-electron chi connectivity index (χ0n) is 22.6. The predicted octanol–water partition coefficient (Wildman–Crippen LogP) is 7.91. The summed E-state index contributed by atoms with van der Waals surface area (Å²) in [4.78, 5) is 1.61. The molecule has 1 heteroatoms. The summed E-state index contributed by atoms with van der Waals surface area (Å²) < 4.78 is 0. The van der Waals surface area contributed by atoms with Crippen LogP contribution in [0.4, 0.5) is 5.69 Å². The van der Waals surface area contributed by atoms with E-state index in [-0.39, 0.29) is 10.8 Å². The predicted molar refractivity (Wildman–Crippen MR) is 144 cm³/mol. The molecule has 0 atom stereocenters. The van der Waals surface area contributed by atoms with E-state index in [1.165, 1.54) is 44.2 Å². The lowest BCUT2D eigenvalue weighted by Crippen LogP contribution is -3.05. The number of hydrogen-bond acceptors (Lipinski definition) is 0. The van der Waals surface area contributed by atoms with Crippen LogP contribution in [0.5, 0.6) is 0 Å². The largest absolute Gasteiger partial charge is 0.294 e. The van der Waals surface area contributed by atoms with Gasteiger partial charge < -0.3 is 0 Å². The van der Waals surface area contributed by atoms with E-state index in [9.17, 15) is 0 Å². The van der Waals surface area contributed by atoms with Crippen LogP contribution in [-0.2, 0) is 23.9 Å². The van der Waals surface area contributed by atoms with Crippen molar-refractivity contribution in [3.8, 4) is 0 Å².